The summed E-state index contributed by atoms with van der Waals surface area (Å²) in [5.41, 5.74) is 0.604. The molecule has 2 aromatic rings. The summed E-state index contributed by atoms with van der Waals surface area (Å²) in [6.45, 7) is 1.97. The van der Waals surface area contributed by atoms with E-state index in [4.69, 9.17) is 0 Å². The minimum atomic E-state index is -1.57. The second kappa shape index (κ2) is 7.62. The van der Waals surface area contributed by atoms with Gasteiger partial charge in [0.05, 0.1) is 0 Å². The Balaban J connectivity index is 2.41. The zero-order chi connectivity index (χ0) is 17.9. The number of carbonyl (C=O) groups excluding carboxylic acids is 1. The van der Waals surface area contributed by atoms with Gasteiger partial charge in [-0.3, -0.25) is 4.79 Å². The van der Waals surface area contributed by atoms with Crippen LogP contribution in [0.2, 0.25) is 0 Å². The fourth-order valence-electron chi connectivity index (χ4n) is 2.53. The quantitative estimate of drug-likeness (QED) is 0.576. The zero-order valence-electron chi connectivity index (χ0n) is 13.9. The van der Waals surface area contributed by atoms with E-state index in [-0.39, 0.29) is 11.6 Å². The van der Waals surface area contributed by atoms with Crippen molar-refractivity contribution < 1.29 is 18.0 Å². The summed E-state index contributed by atoms with van der Waals surface area (Å²) in [7, 11) is 3.79. The summed E-state index contributed by atoms with van der Waals surface area (Å²) in [6, 6.07) is 10.7. The van der Waals surface area contributed by atoms with Gasteiger partial charge in [-0.25, -0.2) is 13.2 Å². The van der Waals surface area contributed by atoms with Gasteiger partial charge in [-0.15, -0.1) is 0 Å². The normalized spacial score (nSPS) is 13.8. The molecule has 2 nitrogen and oxygen atoms in total. The second-order valence-corrected chi connectivity index (χ2v) is 6.13. The number of carbonyl (C=O) groups is 1. The van der Waals surface area contributed by atoms with Gasteiger partial charge in [0.2, 0.25) is 0 Å². The molecule has 0 spiro atoms. The van der Waals surface area contributed by atoms with Crippen molar-refractivity contribution >= 4 is 5.78 Å². The van der Waals surface area contributed by atoms with Crippen LogP contribution >= 0.6 is 0 Å². The second-order valence-electron chi connectivity index (χ2n) is 6.13. The molecule has 0 bridgehead atoms. The summed E-state index contributed by atoms with van der Waals surface area (Å²) < 4.78 is 40.1. The SMILES string of the molecule is CC(CC(C(=O)c1cc(F)c(F)c(F)c1)c1ccccc1)N(C)C. The highest BCUT2D eigenvalue weighted by atomic mass is 19.2. The van der Waals surface area contributed by atoms with Gasteiger partial charge in [0, 0.05) is 17.5 Å². The predicted octanol–water partition coefficient (Wildman–Crippen LogP) is 4.41. The summed E-state index contributed by atoms with van der Waals surface area (Å²) in [5, 5.41) is 0. The Morgan fingerprint density at radius 3 is 2.08 bits per heavy atom. The van der Waals surface area contributed by atoms with Crippen LogP contribution in [0.5, 0.6) is 0 Å². The lowest BCUT2D eigenvalue weighted by Gasteiger charge is -2.25. The van der Waals surface area contributed by atoms with E-state index in [0.29, 0.717) is 6.42 Å². The van der Waals surface area contributed by atoms with E-state index in [1.54, 1.807) is 12.1 Å². The molecule has 2 atom stereocenters. The molecule has 0 saturated carbocycles. The van der Waals surface area contributed by atoms with Crippen molar-refractivity contribution in [2.75, 3.05) is 14.1 Å². The first-order valence-electron chi connectivity index (χ1n) is 7.71. The Morgan fingerprint density at radius 1 is 1.04 bits per heavy atom. The molecule has 2 unspecified atom stereocenters. The van der Waals surface area contributed by atoms with Crippen molar-refractivity contribution in [1.29, 1.82) is 0 Å². The van der Waals surface area contributed by atoms with Crippen LogP contribution < -0.4 is 0 Å². The number of hydrogen-bond donors (Lipinski definition) is 0. The van der Waals surface area contributed by atoms with Crippen LogP contribution in [0.1, 0.15) is 35.2 Å². The van der Waals surface area contributed by atoms with Gasteiger partial charge < -0.3 is 4.90 Å². The first kappa shape index (κ1) is 18.2. The number of nitrogens with zero attached hydrogens (tertiary/aromatic N) is 1. The maximum atomic E-state index is 13.5. The summed E-state index contributed by atoms with van der Waals surface area (Å²) in [6.07, 6.45) is 0.483. The maximum Gasteiger partial charge on any atom is 0.194 e. The van der Waals surface area contributed by atoms with Gasteiger partial charge in [0.1, 0.15) is 0 Å². The number of Topliss-reactive ketones (excluding diaryl/α,β-unsaturated/α-hetero) is 1. The van der Waals surface area contributed by atoms with Crippen molar-refractivity contribution in [2.45, 2.75) is 25.3 Å². The van der Waals surface area contributed by atoms with E-state index in [0.717, 1.165) is 17.7 Å². The van der Waals surface area contributed by atoms with Crippen LogP contribution in [0.3, 0.4) is 0 Å². The average molecular weight is 335 g/mol. The highest BCUT2D eigenvalue weighted by molar-refractivity contribution is 6.01. The minimum Gasteiger partial charge on any atom is -0.307 e. The number of halogens is 3. The van der Waals surface area contributed by atoms with Crippen LogP contribution in [0.4, 0.5) is 13.2 Å². The first-order chi connectivity index (χ1) is 11.3. The molecule has 0 aliphatic carbocycles. The van der Waals surface area contributed by atoms with Crippen LogP contribution in [-0.2, 0) is 0 Å². The van der Waals surface area contributed by atoms with Gasteiger partial charge in [-0.05, 0) is 45.1 Å². The number of benzene rings is 2. The largest absolute Gasteiger partial charge is 0.307 e. The van der Waals surface area contributed by atoms with Gasteiger partial charge in [0.25, 0.3) is 0 Å². The van der Waals surface area contributed by atoms with Crippen LogP contribution in [0, 0.1) is 17.5 Å². The molecule has 0 radical (unpaired) electrons. The van der Waals surface area contributed by atoms with E-state index in [1.165, 1.54) is 0 Å². The van der Waals surface area contributed by atoms with Gasteiger partial charge >= 0.3 is 0 Å². The maximum absolute atomic E-state index is 13.5. The Morgan fingerprint density at radius 2 is 1.58 bits per heavy atom. The third-order valence-electron chi connectivity index (χ3n) is 4.25. The first-order valence-corrected chi connectivity index (χ1v) is 7.71. The molecule has 0 aromatic heterocycles. The smallest absolute Gasteiger partial charge is 0.194 e. The predicted molar refractivity (Wildman–Crippen MR) is 87.6 cm³/mol. The molecule has 2 aromatic carbocycles. The van der Waals surface area contributed by atoms with E-state index >= 15 is 0 Å². The number of hydrogen-bond acceptors (Lipinski definition) is 2. The van der Waals surface area contributed by atoms with E-state index < -0.39 is 29.2 Å². The summed E-state index contributed by atoms with van der Waals surface area (Å²) in [4.78, 5) is 14.8. The molecular formula is C19H20F3NO. The average Bonchev–Trinajstić information content (AvgIpc) is 2.56. The summed E-state index contributed by atoms with van der Waals surface area (Å²) in [5.74, 6) is -5.26. The monoisotopic (exact) mass is 335 g/mol. The Bertz CT molecular complexity index is 693. The topological polar surface area (TPSA) is 20.3 Å². The fourth-order valence-corrected chi connectivity index (χ4v) is 2.53. The Labute approximate surface area is 139 Å². The van der Waals surface area contributed by atoms with Crippen LogP contribution in [0.15, 0.2) is 42.5 Å². The highest BCUT2D eigenvalue weighted by Gasteiger charge is 2.26. The highest BCUT2D eigenvalue weighted by Crippen LogP contribution is 2.28. The molecule has 0 amide bonds. The van der Waals surface area contributed by atoms with Crippen molar-refractivity contribution in [1.82, 2.24) is 4.90 Å². The van der Waals surface area contributed by atoms with Gasteiger partial charge in [0.15, 0.2) is 23.2 Å². The third-order valence-corrected chi connectivity index (χ3v) is 4.25. The molecule has 0 heterocycles. The molecule has 0 saturated heterocycles. The number of rotatable bonds is 6. The van der Waals surface area contributed by atoms with Crippen LogP contribution in [-0.4, -0.2) is 30.8 Å². The molecule has 0 aliphatic rings. The van der Waals surface area contributed by atoms with E-state index in [1.807, 2.05) is 44.1 Å². The lowest BCUT2D eigenvalue weighted by atomic mass is 9.85. The molecule has 0 fully saturated rings. The summed E-state index contributed by atoms with van der Waals surface area (Å²) >= 11 is 0. The van der Waals surface area contributed by atoms with E-state index in [9.17, 15) is 18.0 Å². The van der Waals surface area contributed by atoms with Crippen molar-refractivity contribution in [3.8, 4) is 0 Å². The molecule has 0 aliphatic heterocycles. The van der Waals surface area contributed by atoms with Crippen molar-refractivity contribution in [2.24, 2.45) is 0 Å². The van der Waals surface area contributed by atoms with Crippen LogP contribution in [0.25, 0.3) is 0 Å². The lowest BCUT2D eigenvalue weighted by molar-refractivity contribution is 0.0940. The molecule has 2 rings (SSSR count). The Kier molecular flexibility index (Phi) is 5.78. The van der Waals surface area contributed by atoms with Crippen molar-refractivity contribution in [3.63, 3.8) is 0 Å². The zero-order valence-corrected chi connectivity index (χ0v) is 13.9. The van der Waals surface area contributed by atoms with Crippen molar-refractivity contribution in [3.05, 3.63) is 71.0 Å². The minimum absolute atomic E-state index is 0.0781. The third kappa shape index (κ3) is 4.03. The Hall–Kier alpha value is -2.14. The fraction of sp³-hybridized carbons (Fsp3) is 0.316. The van der Waals surface area contributed by atoms with E-state index in [2.05, 4.69) is 0 Å². The molecule has 128 valence electrons. The molecule has 0 N–H and O–H groups in total. The molecule has 5 heteroatoms. The van der Waals surface area contributed by atoms with Gasteiger partial charge in [-0.2, -0.15) is 0 Å². The van der Waals surface area contributed by atoms with Gasteiger partial charge in [-0.1, -0.05) is 30.3 Å². The molecular weight excluding hydrogens is 315 g/mol. The lowest BCUT2D eigenvalue weighted by Crippen LogP contribution is -2.29. The molecule has 24 heavy (non-hydrogen) atoms. The standard InChI is InChI=1S/C19H20F3NO/c1-12(23(2)3)9-15(13-7-5-4-6-8-13)19(24)14-10-16(20)18(22)17(21)11-14/h4-8,10-12,15H,9H2,1-3H3. The number of ketones is 1.